The zero-order valence-electron chi connectivity index (χ0n) is 11.6. The van der Waals surface area contributed by atoms with Crippen LogP contribution in [-0.4, -0.2) is 22.4 Å². The zero-order chi connectivity index (χ0) is 14.4. The van der Waals surface area contributed by atoms with Gasteiger partial charge in [0, 0.05) is 18.9 Å². The molecule has 0 aromatic carbocycles. The van der Waals surface area contributed by atoms with Crippen molar-refractivity contribution in [2.75, 3.05) is 11.9 Å². The van der Waals surface area contributed by atoms with Gasteiger partial charge in [0.1, 0.15) is 5.76 Å². The van der Waals surface area contributed by atoms with E-state index in [0.29, 0.717) is 29.7 Å². The van der Waals surface area contributed by atoms with Gasteiger partial charge in [0.25, 0.3) is 5.91 Å². The van der Waals surface area contributed by atoms with Crippen molar-refractivity contribution in [3.63, 3.8) is 0 Å². The number of amides is 1. The summed E-state index contributed by atoms with van der Waals surface area (Å²) in [6.07, 6.45) is 4.58. The number of aromatic nitrogens is 2. The minimum absolute atomic E-state index is 0.225. The number of anilines is 1. The van der Waals surface area contributed by atoms with Crippen LogP contribution in [0.2, 0.25) is 0 Å². The zero-order valence-corrected chi connectivity index (χ0v) is 11.6. The molecule has 106 valence electrons. The van der Waals surface area contributed by atoms with Gasteiger partial charge in [-0.25, -0.2) is 9.97 Å². The summed E-state index contributed by atoms with van der Waals surface area (Å²) >= 11 is 0. The van der Waals surface area contributed by atoms with Gasteiger partial charge in [0.2, 0.25) is 5.95 Å². The quantitative estimate of drug-likeness (QED) is 0.843. The Morgan fingerprint density at radius 1 is 1.35 bits per heavy atom. The normalized spacial score (nSPS) is 10.6. The molecule has 1 amide bonds. The molecular formula is C14H18N4O2. The lowest BCUT2D eigenvalue weighted by atomic mass is 10.2. The molecule has 0 radical (unpaired) electrons. The average molecular weight is 274 g/mol. The van der Waals surface area contributed by atoms with Crippen LogP contribution in [0.15, 0.2) is 35.2 Å². The summed E-state index contributed by atoms with van der Waals surface area (Å²) in [5.41, 5.74) is 0.423. The minimum Gasteiger partial charge on any atom is -0.467 e. The average Bonchev–Trinajstić information content (AvgIpc) is 2.96. The van der Waals surface area contributed by atoms with E-state index in [0.717, 1.165) is 6.54 Å². The molecule has 6 nitrogen and oxygen atoms in total. The largest absolute Gasteiger partial charge is 0.467 e. The minimum atomic E-state index is -0.225. The van der Waals surface area contributed by atoms with Crippen LogP contribution in [0.25, 0.3) is 0 Å². The first kappa shape index (κ1) is 14.0. The second-order valence-electron chi connectivity index (χ2n) is 4.83. The van der Waals surface area contributed by atoms with Crippen LogP contribution in [0.1, 0.15) is 30.0 Å². The second-order valence-corrected chi connectivity index (χ2v) is 4.83. The molecule has 0 saturated carbocycles. The predicted octanol–water partition coefficient (Wildman–Crippen LogP) is 2.07. The summed E-state index contributed by atoms with van der Waals surface area (Å²) < 4.78 is 5.14. The van der Waals surface area contributed by atoms with Crippen molar-refractivity contribution in [3.05, 3.63) is 42.1 Å². The fourth-order valence-corrected chi connectivity index (χ4v) is 1.51. The van der Waals surface area contributed by atoms with E-state index in [1.54, 1.807) is 18.4 Å². The van der Waals surface area contributed by atoms with Gasteiger partial charge < -0.3 is 15.1 Å². The summed E-state index contributed by atoms with van der Waals surface area (Å²) in [5.74, 6) is 1.52. The van der Waals surface area contributed by atoms with Crippen molar-refractivity contribution < 1.29 is 9.21 Å². The smallest absolute Gasteiger partial charge is 0.254 e. The van der Waals surface area contributed by atoms with Gasteiger partial charge in [-0.3, -0.25) is 4.79 Å². The molecule has 0 atom stereocenters. The fraction of sp³-hybridized carbons (Fsp3) is 0.357. The lowest BCUT2D eigenvalue weighted by Gasteiger charge is -2.07. The summed E-state index contributed by atoms with van der Waals surface area (Å²) in [4.78, 5) is 20.1. The second kappa shape index (κ2) is 6.70. The third kappa shape index (κ3) is 4.08. The molecule has 0 aliphatic heterocycles. The van der Waals surface area contributed by atoms with E-state index in [4.69, 9.17) is 4.42 Å². The Bertz CT molecular complexity index is 535. The van der Waals surface area contributed by atoms with Crippen molar-refractivity contribution in [1.29, 1.82) is 0 Å². The highest BCUT2D eigenvalue weighted by Crippen LogP contribution is 2.03. The van der Waals surface area contributed by atoms with E-state index >= 15 is 0 Å². The van der Waals surface area contributed by atoms with Gasteiger partial charge in [-0.05, 0) is 18.1 Å². The monoisotopic (exact) mass is 274 g/mol. The lowest BCUT2D eigenvalue weighted by molar-refractivity contribution is 0.0947. The molecule has 2 rings (SSSR count). The molecular weight excluding hydrogens is 256 g/mol. The number of nitrogens with one attached hydrogen (secondary N) is 2. The number of furan rings is 1. The van der Waals surface area contributed by atoms with Gasteiger partial charge in [-0.15, -0.1) is 0 Å². The van der Waals surface area contributed by atoms with Gasteiger partial charge in [0.15, 0.2) is 0 Å². The lowest BCUT2D eigenvalue weighted by Crippen LogP contribution is -2.23. The molecule has 2 aromatic heterocycles. The molecule has 2 aromatic rings. The summed E-state index contributed by atoms with van der Waals surface area (Å²) in [7, 11) is 0. The van der Waals surface area contributed by atoms with E-state index in [-0.39, 0.29) is 5.91 Å². The number of hydrogen-bond donors (Lipinski definition) is 2. The van der Waals surface area contributed by atoms with Crippen LogP contribution in [0.4, 0.5) is 5.95 Å². The molecule has 0 fully saturated rings. The summed E-state index contributed by atoms with van der Waals surface area (Å²) in [5, 5.41) is 5.83. The number of carbonyl (C=O) groups excluding carboxylic acids is 1. The number of carbonyl (C=O) groups is 1. The molecule has 20 heavy (non-hydrogen) atoms. The van der Waals surface area contributed by atoms with E-state index in [2.05, 4.69) is 34.4 Å². The summed E-state index contributed by atoms with van der Waals surface area (Å²) in [6.45, 7) is 5.34. The van der Waals surface area contributed by atoms with Crippen molar-refractivity contribution in [3.8, 4) is 0 Å². The number of rotatable bonds is 6. The Balaban J connectivity index is 1.87. The summed E-state index contributed by atoms with van der Waals surface area (Å²) in [6, 6.07) is 3.58. The predicted molar refractivity (Wildman–Crippen MR) is 75.2 cm³/mol. The third-order valence-electron chi connectivity index (χ3n) is 2.59. The van der Waals surface area contributed by atoms with E-state index in [9.17, 15) is 4.79 Å². The van der Waals surface area contributed by atoms with Crippen LogP contribution in [-0.2, 0) is 6.54 Å². The Kier molecular flexibility index (Phi) is 4.70. The Morgan fingerprint density at radius 3 is 2.70 bits per heavy atom. The van der Waals surface area contributed by atoms with Crippen LogP contribution in [0.5, 0.6) is 0 Å². The molecule has 0 unspecified atom stereocenters. The highest BCUT2D eigenvalue weighted by atomic mass is 16.3. The maximum atomic E-state index is 11.9. The van der Waals surface area contributed by atoms with Crippen molar-refractivity contribution in [1.82, 2.24) is 15.3 Å². The molecule has 0 bridgehead atoms. The molecule has 0 aliphatic carbocycles. The fourth-order valence-electron chi connectivity index (χ4n) is 1.51. The highest BCUT2D eigenvalue weighted by molar-refractivity contribution is 5.93. The SMILES string of the molecule is CC(C)CNc1ncc(C(=O)NCc2ccco2)cn1. The van der Waals surface area contributed by atoms with Crippen molar-refractivity contribution >= 4 is 11.9 Å². The molecule has 2 heterocycles. The first-order chi connectivity index (χ1) is 9.65. The van der Waals surface area contributed by atoms with E-state index < -0.39 is 0 Å². The Labute approximate surface area is 117 Å². The van der Waals surface area contributed by atoms with Gasteiger partial charge in [-0.2, -0.15) is 0 Å². The van der Waals surface area contributed by atoms with E-state index in [1.165, 1.54) is 12.4 Å². The standard InChI is InChI=1S/C14H18N4O2/c1-10(2)6-16-14-17-7-11(8-18-14)13(19)15-9-12-4-3-5-20-12/h3-5,7-8,10H,6,9H2,1-2H3,(H,15,19)(H,16,17,18). The highest BCUT2D eigenvalue weighted by Gasteiger charge is 2.07. The third-order valence-corrected chi connectivity index (χ3v) is 2.59. The molecule has 0 saturated heterocycles. The van der Waals surface area contributed by atoms with Crippen LogP contribution in [0, 0.1) is 5.92 Å². The maximum Gasteiger partial charge on any atom is 0.254 e. The first-order valence-corrected chi connectivity index (χ1v) is 6.51. The number of hydrogen-bond acceptors (Lipinski definition) is 5. The Morgan fingerprint density at radius 2 is 2.10 bits per heavy atom. The van der Waals surface area contributed by atoms with Crippen LogP contribution >= 0.6 is 0 Å². The maximum absolute atomic E-state index is 11.9. The van der Waals surface area contributed by atoms with E-state index in [1.807, 2.05) is 0 Å². The first-order valence-electron chi connectivity index (χ1n) is 6.51. The van der Waals surface area contributed by atoms with Crippen molar-refractivity contribution in [2.45, 2.75) is 20.4 Å². The van der Waals surface area contributed by atoms with Crippen LogP contribution < -0.4 is 10.6 Å². The van der Waals surface area contributed by atoms with Gasteiger partial charge in [-0.1, -0.05) is 13.8 Å². The molecule has 0 spiro atoms. The molecule has 0 aliphatic rings. The topological polar surface area (TPSA) is 80.0 Å². The molecule has 6 heteroatoms. The Hall–Kier alpha value is -2.37. The molecule has 2 N–H and O–H groups in total. The van der Waals surface area contributed by atoms with Gasteiger partial charge >= 0.3 is 0 Å². The van der Waals surface area contributed by atoms with Crippen molar-refractivity contribution in [2.24, 2.45) is 5.92 Å². The van der Waals surface area contributed by atoms with Crippen LogP contribution in [0.3, 0.4) is 0 Å². The number of nitrogens with zero attached hydrogens (tertiary/aromatic N) is 2. The van der Waals surface area contributed by atoms with Gasteiger partial charge in [0.05, 0.1) is 18.4 Å².